The topological polar surface area (TPSA) is 75.9 Å². The van der Waals surface area contributed by atoms with E-state index in [1.54, 1.807) is 0 Å². The van der Waals surface area contributed by atoms with E-state index in [-0.39, 0.29) is 23.1 Å². The number of hydrogen-bond acceptors (Lipinski definition) is 4. The van der Waals surface area contributed by atoms with Crippen molar-refractivity contribution in [1.82, 2.24) is 14.7 Å². The largest absolute Gasteiger partial charge is 0.394 e. The number of aliphatic hydroxyl groups is 1. The van der Waals surface area contributed by atoms with Crippen LogP contribution in [0.15, 0.2) is 18.3 Å². The smallest absolute Gasteiger partial charge is 0.288 e. The Morgan fingerprint density at radius 1 is 1.55 bits per heavy atom. The second kappa shape index (κ2) is 5.83. The molecule has 1 saturated heterocycles. The van der Waals surface area contributed by atoms with Crippen molar-refractivity contribution in [2.24, 2.45) is 0 Å². The minimum Gasteiger partial charge on any atom is -0.394 e. The summed E-state index contributed by atoms with van der Waals surface area (Å²) in [7, 11) is 0. The second-order valence-corrected chi connectivity index (χ2v) is 5.66. The molecule has 2 aromatic heterocycles. The van der Waals surface area contributed by atoms with Gasteiger partial charge in [-0.05, 0) is 25.0 Å². The highest BCUT2D eigenvalue weighted by molar-refractivity contribution is 6.33. The van der Waals surface area contributed by atoms with Crippen molar-refractivity contribution in [2.45, 2.75) is 18.4 Å². The van der Waals surface area contributed by atoms with Gasteiger partial charge in [0.05, 0.1) is 12.1 Å². The molecule has 1 aliphatic heterocycles. The molecule has 6 nitrogen and oxygen atoms in total. The van der Waals surface area contributed by atoms with Crippen molar-refractivity contribution in [3.05, 3.63) is 35.1 Å². The van der Waals surface area contributed by atoms with E-state index in [1.165, 1.54) is 22.7 Å². The van der Waals surface area contributed by atoms with E-state index in [4.69, 9.17) is 16.3 Å². The highest BCUT2D eigenvalue weighted by Crippen LogP contribution is 2.23. The third-order valence-electron chi connectivity index (χ3n) is 3.91. The predicted molar refractivity (Wildman–Crippen MR) is 77.5 cm³/mol. The van der Waals surface area contributed by atoms with Gasteiger partial charge in [-0.2, -0.15) is 0 Å². The average molecular weight is 328 g/mol. The van der Waals surface area contributed by atoms with Crippen molar-refractivity contribution in [3.8, 4) is 0 Å². The fourth-order valence-electron chi connectivity index (χ4n) is 2.60. The fraction of sp³-hybridized carbons (Fsp3) is 0.429. The van der Waals surface area contributed by atoms with Gasteiger partial charge >= 0.3 is 0 Å². The van der Waals surface area contributed by atoms with Gasteiger partial charge in [-0.25, -0.2) is 9.37 Å². The lowest BCUT2D eigenvalue weighted by Crippen LogP contribution is -2.54. The van der Waals surface area contributed by atoms with Crippen LogP contribution in [0.3, 0.4) is 0 Å². The summed E-state index contributed by atoms with van der Waals surface area (Å²) < 4.78 is 20.3. The van der Waals surface area contributed by atoms with E-state index in [1.807, 2.05) is 0 Å². The van der Waals surface area contributed by atoms with Gasteiger partial charge in [0, 0.05) is 19.4 Å². The van der Waals surface area contributed by atoms with Crippen LogP contribution in [0.25, 0.3) is 5.52 Å². The van der Waals surface area contributed by atoms with Crippen molar-refractivity contribution in [3.63, 3.8) is 0 Å². The molecule has 1 fully saturated rings. The summed E-state index contributed by atoms with van der Waals surface area (Å²) in [5.41, 5.74) is -0.694. The van der Waals surface area contributed by atoms with Gasteiger partial charge in [0.15, 0.2) is 5.15 Å². The third-order valence-corrected chi connectivity index (χ3v) is 4.17. The number of amides is 1. The Morgan fingerprint density at radius 2 is 2.27 bits per heavy atom. The van der Waals surface area contributed by atoms with E-state index in [0.29, 0.717) is 26.1 Å². The Morgan fingerprint density at radius 3 is 2.95 bits per heavy atom. The lowest BCUT2D eigenvalue weighted by atomic mass is 9.91. The highest BCUT2D eigenvalue weighted by atomic mass is 35.5. The van der Waals surface area contributed by atoms with Gasteiger partial charge in [-0.15, -0.1) is 0 Å². The molecule has 0 aromatic carbocycles. The fourth-order valence-corrected chi connectivity index (χ4v) is 2.86. The average Bonchev–Trinajstić information content (AvgIpc) is 2.87. The van der Waals surface area contributed by atoms with Gasteiger partial charge < -0.3 is 15.2 Å². The number of fused-ring (bicyclic) bond motifs is 1. The first kappa shape index (κ1) is 15.2. The number of pyridine rings is 1. The Labute approximate surface area is 130 Å². The number of rotatable bonds is 3. The number of nitrogens with zero attached hydrogens (tertiary/aromatic N) is 2. The van der Waals surface area contributed by atoms with Gasteiger partial charge in [0.2, 0.25) is 5.82 Å². The van der Waals surface area contributed by atoms with Gasteiger partial charge in [-0.1, -0.05) is 11.6 Å². The van der Waals surface area contributed by atoms with E-state index in [2.05, 4.69) is 10.3 Å². The summed E-state index contributed by atoms with van der Waals surface area (Å²) in [5, 5.41) is 12.3. The molecule has 0 atom stereocenters. The predicted octanol–water partition coefficient (Wildman–Crippen LogP) is 1.40. The minimum absolute atomic E-state index is 0.0150. The van der Waals surface area contributed by atoms with Crippen molar-refractivity contribution in [1.29, 1.82) is 0 Å². The Bertz CT molecular complexity index is 713. The first-order chi connectivity index (χ1) is 10.6. The molecule has 3 rings (SSSR count). The van der Waals surface area contributed by atoms with Crippen LogP contribution in [0.5, 0.6) is 0 Å². The van der Waals surface area contributed by atoms with Crippen LogP contribution in [0, 0.1) is 5.82 Å². The van der Waals surface area contributed by atoms with Crippen molar-refractivity contribution in [2.75, 3.05) is 19.8 Å². The molecule has 118 valence electrons. The zero-order chi connectivity index (χ0) is 15.7. The van der Waals surface area contributed by atoms with E-state index < -0.39 is 17.3 Å². The van der Waals surface area contributed by atoms with Gasteiger partial charge in [-0.3, -0.25) is 9.20 Å². The van der Waals surface area contributed by atoms with Gasteiger partial charge in [0.1, 0.15) is 11.3 Å². The molecule has 0 unspecified atom stereocenters. The maximum atomic E-state index is 13.8. The van der Waals surface area contributed by atoms with Crippen LogP contribution >= 0.6 is 11.6 Å². The molecule has 0 radical (unpaired) electrons. The lowest BCUT2D eigenvalue weighted by molar-refractivity contribution is 0.0123. The van der Waals surface area contributed by atoms with Gasteiger partial charge in [0.25, 0.3) is 5.91 Å². The molecule has 1 amide bonds. The van der Waals surface area contributed by atoms with Crippen LogP contribution in [-0.2, 0) is 4.74 Å². The maximum absolute atomic E-state index is 13.8. The summed E-state index contributed by atoms with van der Waals surface area (Å²) in [4.78, 5) is 16.4. The minimum atomic E-state index is -0.749. The molecule has 1 aliphatic rings. The molecule has 0 aliphatic carbocycles. The molecule has 0 bridgehead atoms. The number of carbonyl (C=O) groups excluding carboxylic acids is 1. The number of aliphatic hydroxyl groups excluding tert-OH is 1. The SMILES string of the molecule is O=C(NC1(CO)CCOCC1)c1nc(Cl)c2c(F)cccn12. The molecule has 2 aromatic rings. The monoisotopic (exact) mass is 327 g/mol. The Balaban J connectivity index is 1.94. The molecule has 3 heterocycles. The number of nitrogens with one attached hydrogen (secondary N) is 1. The Kier molecular flexibility index (Phi) is 4.03. The van der Waals surface area contributed by atoms with E-state index in [0.717, 1.165) is 0 Å². The molecule has 22 heavy (non-hydrogen) atoms. The van der Waals surface area contributed by atoms with Crippen LogP contribution in [0.4, 0.5) is 4.39 Å². The summed E-state index contributed by atoms with van der Waals surface area (Å²) in [6.45, 7) is 0.713. The zero-order valence-corrected chi connectivity index (χ0v) is 12.4. The number of ether oxygens (including phenoxy) is 1. The highest BCUT2D eigenvalue weighted by Gasteiger charge is 2.35. The summed E-state index contributed by atoms with van der Waals surface area (Å²) in [5.74, 6) is -1.08. The molecule has 8 heteroatoms. The number of aromatic nitrogens is 2. The number of carbonyl (C=O) groups is 1. The summed E-state index contributed by atoms with van der Waals surface area (Å²) >= 11 is 5.92. The molecule has 0 saturated carbocycles. The zero-order valence-electron chi connectivity index (χ0n) is 11.7. The van der Waals surface area contributed by atoms with E-state index in [9.17, 15) is 14.3 Å². The van der Waals surface area contributed by atoms with Crippen molar-refractivity contribution < 1.29 is 19.0 Å². The third kappa shape index (κ3) is 2.55. The molecule has 0 spiro atoms. The van der Waals surface area contributed by atoms with Crippen LogP contribution in [0.1, 0.15) is 23.5 Å². The molecular weight excluding hydrogens is 313 g/mol. The maximum Gasteiger partial charge on any atom is 0.288 e. The number of hydrogen-bond donors (Lipinski definition) is 2. The summed E-state index contributed by atoms with van der Waals surface area (Å²) in [6, 6.07) is 2.71. The second-order valence-electron chi connectivity index (χ2n) is 5.31. The van der Waals surface area contributed by atoms with Crippen molar-refractivity contribution >= 4 is 23.0 Å². The Hall–Kier alpha value is -1.70. The first-order valence-electron chi connectivity index (χ1n) is 6.89. The quantitative estimate of drug-likeness (QED) is 0.893. The molecular formula is C14H15ClFN3O3. The first-order valence-corrected chi connectivity index (χ1v) is 7.27. The van der Waals surface area contributed by atoms with Crippen LogP contribution in [-0.4, -0.2) is 45.8 Å². The number of imidazole rings is 1. The summed E-state index contributed by atoms with van der Waals surface area (Å²) in [6.07, 6.45) is 2.52. The van der Waals surface area contributed by atoms with Crippen LogP contribution in [0.2, 0.25) is 5.15 Å². The lowest BCUT2D eigenvalue weighted by Gasteiger charge is -2.36. The normalized spacial score (nSPS) is 17.6. The van der Waals surface area contributed by atoms with E-state index >= 15 is 0 Å². The number of halogens is 2. The van der Waals surface area contributed by atoms with Crippen LogP contribution < -0.4 is 5.32 Å². The standard InChI is InChI=1S/C14H15ClFN3O3/c15-11-10-9(16)2-1-5-19(10)12(17-11)13(21)18-14(8-20)3-6-22-7-4-14/h1-2,5,20H,3-4,6-8H2,(H,18,21). The molecule has 2 N–H and O–H groups in total.